The number of benzene rings is 1. The molecule has 0 bridgehead atoms. The topological polar surface area (TPSA) is 81.9 Å². The van der Waals surface area contributed by atoms with Crippen molar-refractivity contribution < 1.29 is 14.2 Å². The molecule has 0 aliphatic rings. The summed E-state index contributed by atoms with van der Waals surface area (Å²) < 4.78 is 17.8. The lowest BCUT2D eigenvalue weighted by Crippen LogP contribution is -2.36. The Balaban J connectivity index is 0.00000338. The first kappa shape index (κ1) is 21.9. The Hall–Kier alpha value is -2.17. The zero-order valence-electron chi connectivity index (χ0n) is 15.7. The van der Waals surface area contributed by atoms with E-state index in [0.717, 1.165) is 11.1 Å². The first-order valence-corrected chi connectivity index (χ1v) is 7.82. The van der Waals surface area contributed by atoms with Crippen LogP contribution in [0.2, 0.25) is 0 Å². The molecule has 0 fully saturated rings. The largest absolute Gasteiger partial charge is 0.493 e. The molecule has 0 atom stereocenters. The number of rotatable bonds is 7. The zero-order valence-corrected chi connectivity index (χ0v) is 18.0. The molecule has 144 valence electrons. The van der Waals surface area contributed by atoms with E-state index in [-0.39, 0.29) is 24.0 Å². The summed E-state index contributed by atoms with van der Waals surface area (Å²) in [5.74, 6) is 2.51. The minimum Gasteiger partial charge on any atom is -0.493 e. The molecule has 9 heteroatoms. The van der Waals surface area contributed by atoms with Crippen molar-refractivity contribution in [1.29, 1.82) is 0 Å². The van der Waals surface area contributed by atoms with Crippen LogP contribution in [0.3, 0.4) is 0 Å². The number of halogens is 1. The second-order valence-corrected chi connectivity index (χ2v) is 5.34. The summed E-state index contributed by atoms with van der Waals surface area (Å²) in [5, 5.41) is 10.7. The summed E-state index contributed by atoms with van der Waals surface area (Å²) in [7, 11) is 8.41. The van der Waals surface area contributed by atoms with E-state index in [1.54, 1.807) is 33.1 Å². The maximum absolute atomic E-state index is 5.37. The van der Waals surface area contributed by atoms with Crippen LogP contribution in [0.15, 0.2) is 29.5 Å². The van der Waals surface area contributed by atoms with Gasteiger partial charge in [0.05, 0.1) is 27.5 Å². The molecular formula is C17H26IN5O3. The molecule has 0 spiro atoms. The fourth-order valence-corrected chi connectivity index (χ4v) is 2.39. The van der Waals surface area contributed by atoms with Crippen LogP contribution in [0, 0.1) is 0 Å². The molecule has 2 aromatic rings. The van der Waals surface area contributed by atoms with Crippen molar-refractivity contribution in [1.82, 2.24) is 20.4 Å². The highest BCUT2D eigenvalue weighted by molar-refractivity contribution is 14.0. The molecule has 0 radical (unpaired) electrons. The molecule has 0 saturated carbocycles. The van der Waals surface area contributed by atoms with E-state index >= 15 is 0 Å². The van der Waals surface area contributed by atoms with Crippen molar-refractivity contribution in [3.63, 3.8) is 0 Å². The highest BCUT2D eigenvalue weighted by Gasteiger charge is 2.13. The summed E-state index contributed by atoms with van der Waals surface area (Å²) in [5.41, 5.74) is 2.07. The van der Waals surface area contributed by atoms with E-state index in [4.69, 9.17) is 14.2 Å². The lowest BCUT2D eigenvalue weighted by molar-refractivity contribution is 0.323. The average molecular weight is 475 g/mol. The number of nitrogens with one attached hydrogen (secondary N) is 2. The third kappa shape index (κ3) is 5.68. The van der Waals surface area contributed by atoms with Crippen LogP contribution in [-0.2, 0) is 20.1 Å². The van der Waals surface area contributed by atoms with Gasteiger partial charge in [-0.25, -0.2) is 0 Å². The van der Waals surface area contributed by atoms with Crippen LogP contribution in [0.25, 0.3) is 0 Å². The Morgan fingerprint density at radius 1 is 1.04 bits per heavy atom. The minimum atomic E-state index is 0. The van der Waals surface area contributed by atoms with Crippen molar-refractivity contribution in [2.24, 2.45) is 12.0 Å². The van der Waals surface area contributed by atoms with Gasteiger partial charge in [0.2, 0.25) is 5.75 Å². The predicted octanol–water partition coefficient (Wildman–Crippen LogP) is 1.93. The number of guanidine groups is 1. The van der Waals surface area contributed by atoms with E-state index in [1.165, 1.54) is 0 Å². The summed E-state index contributed by atoms with van der Waals surface area (Å²) in [6, 6.07) is 3.81. The summed E-state index contributed by atoms with van der Waals surface area (Å²) in [6.07, 6.45) is 3.78. The zero-order chi connectivity index (χ0) is 18.2. The second-order valence-electron chi connectivity index (χ2n) is 5.34. The van der Waals surface area contributed by atoms with Crippen molar-refractivity contribution in [3.8, 4) is 17.2 Å². The number of aromatic nitrogens is 2. The Labute approximate surface area is 170 Å². The van der Waals surface area contributed by atoms with Gasteiger partial charge in [-0.2, -0.15) is 5.10 Å². The molecule has 1 heterocycles. The van der Waals surface area contributed by atoms with E-state index in [0.29, 0.717) is 36.3 Å². The van der Waals surface area contributed by atoms with Crippen molar-refractivity contribution in [2.75, 3.05) is 28.4 Å². The van der Waals surface area contributed by atoms with Gasteiger partial charge in [-0.15, -0.1) is 24.0 Å². The molecule has 26 heavy (non-hydrogen) atoms. The molecule has 0 unspecified atom stereocenters. The van der Waals surface area contributed by atoms with E-state index in [9.17, 15) is 0 Å². The van der Waals surface area contributed by atoms with Crippen molar-refractivity contribution >= 4 is 29.9 Å². The molecular weight excluding hydrogens is 449 g/mol. The first-order chi connectivity index (χ1) is 12.1. The van der Waals surface area contributed by atoms with Crippen LogP contribution >= 0.6 is 24.0 Å². The Bertz CT molecular complexity index is 708. The van der Waals surface area contributed by atoms with Gasteiger partial charge in [0.25, 0.3) is 0 Å². The monoisotopic (exact) mass is 475 g/mol. The van der Waals surface area contributed by atoms with Crippen LogP contribution in [0.4, 0.5) is 0 Å². The second kappa shape index (κ2) is 10.7. The van der Waals surface area contributed by atoms with Crippen molar-refractivity contribution in [2.45, 2.75) is 13.1 Å². The molecule has 0 saturated heterocycles. The Morgan fingerprint density at radius 2 is 1.62 bits per heavy atom. The van der Waals surface area contributed by atoms with Crippen LogP contribution in [0.5, 0.6) is 17.2 Å². The third-order valence-electron chi connectivity index (χ3n) is 3.63. The lowest BCUT2D eigenvalue weighted by Gasteiger charge is -2.15. The first-order valence-electron chi connectivity index (χ1n) is 7.82. The Morgan fingerprint density at radius 3 is 2.04 bits per heavy atom. The van der Waals surface area contributed by atoms with E-state index in [1.807, 2.05) is 31.6 Å². The van der Waals surface area contributed by atoms with Gasteiger partial charge in [-0.05, 0) is 17.7 Å². The highest BCUT2D eigenvalue weighted by atomic mass is 127. The molecule has 0 amide bonds. The van der Waals surface area contributed by atoms with E-state index in [2.05, 4.69) is 20.7 Å². The SMILES string of the molecule is CN=C(NCc1cc(OC)c(OC)c(OC)c1)NCc1cnn(C)c1.I. The normalized spacial score (nSPS) is 10.7. The average Bonchev–Trinajstić information content (AvgIpc) is 3.06. The standard InChI is InChI=1S/C17H25N5O3.HI/c1-18-17(20-9-13-10-21-22(2)11-13)19-8-12-6-14(23-3)16(25-5)15(7-12)24-4;/h6-7,10-11H,8-9H2,1-5H3,(H2,18,19,20);1H. The number of methoxy groups -OCH3 is 3. The molecule has 2 rings (SSSR count). The fourth-order valence-electron chi connectivity index (χ4n) is 2.39. The lowest BCUT2D eigenvalue weighted by atomic mass is 10.2. The van der Waals surface area contributed by atoms with Crippen molar-refractivity contribution in [3.05, 3.63) is 35.7 Å². The fraction of sp³-hybridized carbons (Fsp3) is 0.412. The molecule has 1 aromatic heterocycles. The number of aliphatic imine (C=N–C) groups is 1. The number of hydrogen-bond donors (Lipinski definition) is 2. The molecule has 0 aliphatic carbocycles. The number of nitrogens with zero attached hydrogens (tertiary/aromatic N) is 3. The highest BCUT2D eigenvalue weighted by Crippen LogP contribution is 2.38. The van der Waals surface area contributed by atoms with Gasteiger partial charge in [0.1, 0.15) is 0 Å². The predicted molar refractivity (Wildman–Crippen MR) is 112 cm³/mol. The summed E-state index contributed by atoms with van der Waals surface area (Å²) >= 11 is 0. The Kier molecular flexibility index (Phi) is 9.03. The quantitative estimate of drug-likeness (QED) is 0.362. The van der Waals surface area contributed by atoms with Crippen LogP contribution in [-0.4, -0.2) is 44.1 Å². The van der Waals surface area contributed by atoms with Crippen LogP contribution in [0.1, 0.15) is 11.1 Å². The molecule has 2 N–H and O–H groups in total. The van der Waals surface area contributed by atoms with Gasteiger partial charge in [-0.3, -0.25) is 9.67 Å². The maximum Gasteiger partial charge on any atom is 0.203 e. The number of hydrogen-bond acceptors (Lipinski definition) is 5. The molecule has 0 aliphatic heterocycles. The number of ether oxygens (including phenoxy) is 3. The smallest absolute Gasteiger partial charge is 0.203 e. The van der Waals surface area contributed by atoms with Gasteiger partial charge in [-0.1, -0.05) is 0 Å². The van der Waals surface area contributed by atoms with Gasteiger partial charge in [0, 0.05) is 38.9 Å². The van der Waals surface area contributed by atoms with Gasteiger partial charge >= 0.3 is 0 Å². The van der Waals surface area contributed by atoms with Crippen LogP contribution < -0.4 is 24.8 Å². The van der Waals surface area contributed by atoms with Gasteiger partial charge in [0.15, 0.2) is 17.5 Å². The molecule has 8 nitrogen and oxygen atoms in total. The minimum absolute atomic E-state index is 0. The summed E-state index contributed by atoms with van der Waals surface area (Å²) in [6.45, 7) is 1.20. The number of aryl methyl sites for hydroxylation is 1. The molecule has 1 aromatic carbocycles. The maximum atomic E-state index is 5.37. The summed E-state index contributed by atoms with van der Waals surface area (Å²) in [4.78, 5) is 4.22. The third-order valence-corrected chi connectivity index (χ3v) is 3.63. The van der Waals surface area contributed by atoms with Gasteiger partial charge < -0.3 is 24.8 Å². The van der Waals surface area contributed by atoms with E-state index < -0.39 is 0 Å².